The Balaban J connectivity index is 1.30. The standard InChI is InChI=1S/C51H33NO/c1-4-18-37(19-5-1)51(38-20-6-2-7-21-38)44-26-14-15-27-46(44)53-47-31-29-36(33-45(47)51)43-32-35-17-11-13-25-41(35)50-48(43)42-30-28-34-16-10-12-24-40(34)49(42)52(50)39-22-8-3-9-23-39/h1-33H. The number of rotatable bonds is 4. The van der Waals surface area contributed by atoms with Gasteiger partial charge in [-0.25, -0.2) is 0 Å². The Kier molecular flexibility index (Phi) is 6.50. The van der Waals surface area contributed by atoms with Gasteiger partial charge in [-0.3, -0.25) is 0 Å². The van der Waals surface area contributed by atoms with Gasteiger partial charge in [0.25, 0.3) is 0 Å². The highest BCUT2D eigenvalue weighted by Crippen LogP contribution is 2.56. The van der Waals surface area contributed by atoms with E-state index in [-0.39, 0.29) is 0 Å². The fourth-order valence-corrected chi connectivity index (χ4v) is 9.08. The Morgan fingerprint density at radius 1 is 0.396 bits per heavy atom. The summed E-state index contributed by atoms with van der Waals surface area (Å²) in [7, 11) is 0. The number of para-hydroxylation sites is 2. The van der Waals surface area contributed by atoms with E-state index in [1.807, 2.05) is 0 Å². The van der Waals surface area contributed by atoms with Crippen LogP contribution in [0.3, 0.4) is 0 Å². The molecule has 1 aliphatic rings. The van der Waals surface area contributed by atoms with Crippen LogP contribution in [-0.2, 0) is 5.41 Å². The van der Waals surface area contributed by atoms with Gasteiger partial charge in [-0.2, -0.15) is 0 Å². The molecule has 53 heavy (non-hydrogen) atoms. The van der Waals surface area contributed by atoms with E-state index in [2.05, 4.69) is 205 Å². The van der Waals surface area contributed by atoms with Crippen molar-refractivity contribution in [3.8, 4) is 28.3 Å². The molecule has 0 aliphatic carbocycles. The van der Waals surface area contributed by atoms with E-state index in [1.165, 1.54) is 60.0 Å². The minimum Gasteiger partial charge on any atom is -0.457 e. The maximum Gasteiger partial charge on any atom is 0.132 e. The molecular formula is C51H33NO. The lowest BCUT2D eigenvalue weighted by molar-refractivity contribution is 0.434. The molecular weight excluding hydrogens is 643 g/mol. The van der Waals surface area contributed by atoms with Gasteiger partial charge in [0.1, 0.15) is 11.5 Å². The average Bonchev–Trinajstić information content (AvgIpc) is 3.59. The molecule has 0 saturated carbocycles. The van der Waals surface area contributed by atoms with Crippen LogP contribution in [0.1, 0.15) is 22.3 Å². The Morgan fingerprint density at radius 2 is 0.981 bits per heavy atom. The first kappa shape index (κ1) is 29.8. The molecule has 0 spiro atoms. The van der Waals surface area contributed by atoms with Crippen molar-refractivity contribution >= 4 is 43.4 Å². The summed E-state index contributed by atoms with van der Waals surface area (Å²) in [6.45, 7) is 0. The molecule has 0 fully saturated rings. The maximum atomic E-state index is 6.80. The summed E-state index contributed by atoms with van der Waals surface area (Å²) >= 11 is 0. The third-order valence-electron chi connectivity index (χ3n) is 11.3. The Morgan fingerprint density at radius 3 is 1.72 bits per heavy atom. The molecule has 10 aromatic rings. The van der Waals surface area contributed by atoms with Crippen molar-refractivity contribution in [2.75, 3.05) is 0 Å². The number of fused-ring (bicyclic) bond motifs is 9. The molecule has 0 unspecified atom stereocenters. The van der Waals surface area contributed by atoms with Crippen molar-refractivity contribution in [1.29, 1.82) is 0 Å². The van der Waals surface area contributed by atoms with Gasteiger partial charge in [0.05, 0.1) is 16.4 Å². The molecule has 2 nitrogen and oxygen atoms in total. The molecule has 2 heteroatoms. The van der Waals surface area contributed by atoms with E-state index in [0.717, 1.165) is 33.9 Å². The van der Waals surface area contributed by atoms with E-state index >= 15 is 0 Å². The third-order valence-corrected chi connectivity index (χ3v) is 11.3. The Labute approximate surface area is 307 Å². The van der Waals surface area contributed by atoms with Gasteiger partial charge in [0.2, 0.25) is 0 Å². The van der Waals surface area contributed by atoms with Crippen molar-refractivity contribution in [2.45, 2.75) is 5.41 Å². The van der Waals surface area contributed by atoms with Gasteiger partial charge >= 0.3 is 0 Å². The largest absolute Gasteiger partial charge is 0.457 e. The van der Waals surface area contributed by atoms with E-state index in [9.17, 15) is 0 Å². The number of hydrogen-bond donors (Lipinski definition) is 0. The second-order valence-electron chi connectivity index (χ2n) is 14.0. The van der Waals surface area contributed by atoms with Crippen LogP contribution in [0.2, 0.25) is 0 Å². The molecule has 0 N–H and O–H groups in total. The average molecular weight is 676 g/mol. The fraction of sp³-hybridized carbons (Fsp3) is 0.0196. The quantitative estimate of drug-likeness (QED) is 0.181. The van der Waals surface area contributed by atoms with Crippen molar-refractivity contribution < 1.29 is 4.74 Å². The van der Waals surface area contributed by atoms with Crippen LogP contribution >= 0.6 is 0 Å². The number of hydrogen-bond acceptors (Lipinski definition) is 1. The Bertz CT molecular complexity index is 2980. The number of ether oxygens (including phenoxy) is 1. The lowest BCUT2D eigenvalue weighted by Gasteiger charge is -2.41. The molecule has 248 valence electrons. The van der Waals surface area contributed by atoms with Crippen LogP contribution < -0.4 is 4.74 Å². The van der Waals surface area contributed by atoms with Crippen molar-refractivity contribution in [2.24, 2.45) is 0 Å². The lowest BCUT2D eigenvalue weighted by Crippen LogP contribution is -2.34. The van der Waals surface area contributed by atoms with Gasteiger partial charge in [0, 0.05) is 38.4 Å². The van der Waals surface area contributed by atoms with Crippen LogP contribution in [0.4, 0.5) is 0 Å². The predicted octanol–water partition coefficient (Wildman–Crippen LogP) is 13.2. The van der Waals surface area contributed by atoms with Crippen molar-refractivity contribution in [1.82, 2.24) is 4.57 Å². The zero-order chi connectivity index (χ0) is 34.9. The lowest BCUT2D eigenvalue weighted by atomic mass is 9.63. The second-order valence-corrected chi connectivity index (χ2v) is 14.0. The van der Waals surface area contributed by atoms with Crippen LogP contribution in [0, 0.1) is 0 Å². The highest BCUT2D eigenvalue weighted by molar-refractivity contribution is 6.28. The molecule has 0 bridgehead atoms. The first-order valence-corrected chi connectivity index (χ1v) is 18.3. The monoisotopic (exact) mass is 675 g/mol. The highest BCUT2D eigenvalue weighted by atomic mass is 16.5. The van der Waals surface area contributed by atoms with E-state index < -0.39 is 5.41 Å². The fourth-order valence-electron chi connectivity index (χ4n) is 9.08. The van der Waals surface area contributed by atoms with Gasteiger partial charge in [-0.15, -0.1) is 0 Å². The van der Waals surface area contributed by atoms with Gasteiger partial charge in [-0.05, 0) is 69.4 Å². The van der Waals surface area contributed by atoms with E-state index in [0.29, 0.717) is 0 Å². The zero-order valence-electron chi connectivity index (χ0n) is 28.9. The number of nitrogens with zero attached hydrogens (tertiary/aromatic N) is 1. The third kappa shape index (κ3) is 4.27. The topological polar surface area (TPSA) is 14.2 Å². The summed E-state index contributed by atoms with van der Waals surface area (Å²) in [6, 6.07) is 72.6. The minimum atomic E-state index is -0.604. The second kappa shape index (κ2) is 11.6. The molecule has 0 radical (unpaired) electrons. The summed E-state index contributed by atoms with van der Waals surface area (Å²) < 4.78 is 9.30. The number of benzene rings is 9. The first-order valence-electron chi connectivity index (χ1n) is 18.3. The molecule has 1 aromatic heterocycles. The summed E-state index contributed by atoms with van der Waals surface area (Å²) in [6.07, 6.45) is 0. The van der Waals surface area contributed by atoms with Gasteiger partial charge < -0.3 is 9.30 Å². The Hall–Kier alpha value is -6.90. The summed E-state index contributed by atoms with van der Waals surface area (Å²) in [5.41, 5.74) is 10.0. The summed E-state index contributed by atoms with van der Waals surface area (Å²) in [5, 5.41) is 7.38. The van der Waals surface area contributed by atoms with Crippen LogP contribution in [0.15, 0.2) is 200 Å². The molecule has 0 amide bonds. The normalized spacial score (nSPS) is 13.2. The number of aromatic nitrogens is 1. The predicted molar refractivity (Wildman–Crippen MR) is 220 cm³/mol. The first-order chi connectivity index (χ1) is 26.3. The minimum absolute atomic E-state index is 0.604. The summed E-state index contributed by atoms with van der Waals surface area (Å²) in [5.74, 6) is 1.75. The smallest absolute Gasteiger partial charge is 0.132 e. The highest BCUT2D eigenvalue weighted by Gasteiger charge is 2.45. The van der Waals surface area contributed by atoms with Crippen molar-refractivity contribution in [3.63, 3.8) is 0 Å². The van der Waals surface area contributed by atoms with Crippen molar-refractivity contribution in [3.05, 3.63) is 222 Å². The molecule has 0 saturated heterocycles. The molecule has 2 heterocycles. The molecule has 1 aliphatic heterocycles. The maximum absolute atomic E-state index is 6.80. The summed E-state index contributed by atoms with van der Waals surface area (Å²) in [4.78, 5) is 0. The van der Waals surface area contributed by atoms with Crippen LogP contribution in [0.25, 0.3) is 60.2 Å². The van der Waals surface area contributed by atoms with Crippen LogP contribution in [0.5, 0.6) is 11.5 Å². The molecule has 0 atom stereocenters. The van der Waals surface area contributed by atoms with Gasteiger partial charge in [-0.1, -0.05) is 164 Å². The van der Waals surface area contributed by atoms with Crippen LogP contribution in [-0.4, -0.2) is 4.57 Å². The zero-order valence-corrected chi connectivity index (χ0v) is 28.9. The SMILES string of the molecule is c1ccc(-n2c3c4ccccc4ccc3c3c(-c4ccc5c(c4)C(c4ccccc4)(c4ccccc4)c4ccccc4O5)cc4ccccc4c32)cc1. The van der Waals surface area contributed by atoms with E-state index in [1.54, 1.807) is 0 Å². The van der Waals surface area contributed by atoms with Gasteiger partial charge in [0.15, 0.2) is 0 Å². The molecule has 11 rings (SSSR count). The van der Waals surface area contributed by atoms with E-state index in [4.69, 9.17) is 4.74 Å². The molecule has 9 aromatic carbocycles.